The van der Waals surface area contributed by atoms with E-state index < -0.39 is 0 Å². The third-order valence-electron chi connectivity index (χ3n) is 2.53. The lowest BCUT2D eigenvalue weighted by atomic mass is 10.2. The molecule has 0 radical (unpaired) electrons. The van der Waals surface area contributed by atoms with Crippen molar-refractivity contribution in [1.29, 1.82) is 0 Å². The van der Waals surface area contributed by atoms with Crippen molar-refractivity contribution in [3.8, 4) is 0 Å². The monoisotopic (exact) mass is 342 g/mol. The Hall–Kier alpha value is -0.940. The van der Waals surface area contributed by atoms with E-state index >= 15 is 0 Å². The minimum atomic E-state index is 0.262. The molecule has 20 heavy (non-hydrogen) atoms. The molecule has 2 nitrogen and oxygen atoms in total. The predicted octanol–water partition coefficient (Wildman–Crippen LogP) is 4.94. The van der Waals surface area contributed by atoms with E-state index in [0.717, 1.165) is 21.9 Å². The molecule has 0 saturated carbocycles. The van der Waals surface area contributed by atoms with Crippen molar-refractivity contribution in [2.24, 2.45) is 5.73 Å². The Morgan fingerprint density at radius 2 is 1.85 bits per heavy atom. The molecule has 2 aromatic rings. The molecule has 2 aromatic carbocycles. The second-order valence-corrected chi connectivity index (χ2v) is 6.37. The summed E-state index contributed by atoms with van der Waals surface area (Å²) >= 11 is 18.5. The zero-order chi connectivity index (χ0) is 14.5. The summed E-state index contributed by atoms with van der Waals surface area (Å²) in [5, 5.41) is 4.49. The molecule has 0 amide bonds. The zero-order valence-corrected chi connectivity index (χ0v) is 13.5. The van der Waals surface area contributed by atoms with E-state index in [2.05, 4.69) is 5.32 Å². The number of nitrogens with two attached hydrogens (primary N) is 1. The first-order valence-electron chi connectivity index (χ1n) is 5.78. The van der Waals surface area contributed by atoms with E-state index in [0.29, 0.717) is 10.0 Å². The SMILES string of the molecule is NC(=S)Nc1ccc(SCc2ccc(Cl)cc2Cl)cc1. The quantitative estimate of drug-likeness (QED) is 0.609. The Balaban J connectivity index is 1.98. The highest BCUT2D eigenvalue weighted by Crippen LogP contribution is 2.29. The first-order valence-corrected chi connectivity index (χ1v) is 7.93. The molecular weight excluding hydrogens is 331 g/mol. The maximum Gasteiger partial charge on any atom is 0.168 e. The van der Waals surface area contributed by atoms with Gasteiger partial charge in [-0.05, 0) is 54.2 Å². The van der Waals surface area contributed by atoms with Gasteiger partial charge < -0.3 is 11.1 Å². The molecule has 0 fully saturated rings. The van der Waals surface area contributed by atoms with Crippen LogP contribution in [0.25, 0.3) is 0 Å². The van der Waals surface area contributed by atoms with Gasteiger partial charge in [0, 0.05) is 26.4 Å². The van der Waals surface area contributed by atoms with Gasteiger partial charge in [0.2, 0.25) is 0 Å². The fraction of sp³-hybridized carbons (Fsp3) is 0.0714. The maximum absolute atomic E-state index is 6.14. The lowest BCUT2D eigenvalue weighted by molar-refractivity contribution is 1.38. The first kappa shape index (κ1) is 15.4. The molecule has 0 aliphatic carbocycles. The van der Waals surface area contributed by atoms with Crippen molar-refractivity contribution < 1.29 is 0 Å². The van der Waals surface area contributed by atoms with Gasteiger partial charge >= 0.3 is 0 Å². The smallest absolute Gasteiger partial charge is 0.168 e. The van der Waals surface area contributed by atoms with Crippen molar-refractivity contribution in [2.45, 2.75) is 10.6 Å². The van der Waals surface area contributed by atoms with Crippen molar-refractivity contribution in [3.05, 3.63) is 58.1 Å². The van der Waals surface area contributed by atoms with Gasteiger partial charge in [0.25, 0.3) is 0 Å². The number of nitrogens with one attached hydrogen (secondary N) is 1. The number of thioether (sulfide) groups is 1. The van der Waals surface area contributed by atoms with Crippen LogP contribution in [0.3, 0.4) is 0 Å². The molecular formula is C14H12Cl2N2S2. The van der Waals surface area contributed by atoms with E-state index in [4.69, 9.17) is 41.2 Å². The van der Waals surface area contributed by atoms with Gasteiger partial charge in [0.1, 0.15) is 0 Å². The fourth-order valence-electron chi connectivity index (χ4n) is 1.58. The van der Waals surface area contributed by atoms with Crippen molar-refractivity contribution in [1.82, 2.24) is 0 Å². The van der Waals surface area contributed by atoms with Crippen LogP contribution in [0.1, 0.15) is 5.56 Å². The normalized spacial score (nSPS) is 10.3. The summed E-state index contributed by atoms with van der Waals surface area (Å²) in [6, 6.07) is 13.4. The van der Waals surface area contributed by atoms with Gasteiger partial charge in [0.15, 0.2) is 5.11 Å². The molecule has 0 spiro atoms. The summed E-state index contributed by atoms with van der Waals surface area (Å²) in [6.07, 6.45) is 0. The minimum absolute atomic E-state index is 0.262. The first-order chi connectivity index (χ1) is 9.54. The molecule has 0 unspecified atom stereocenters. The van der Waals surface area contributed by atoms with Gasteiger partial charge in [-0.15, -0.1) is 11.8 Å². The van der Waals surface area contributed by atoms with Crippen LogP contribution in [0.4, 0.5) is 5.69 Å². The Kier molecular flexibility index (Phi) is 5.54. The summed E-state index contributed by atoms with van der Waals surface area (Å²) in [4.78, 5) is 1.14. The van der Waals surface area contributed by atoms with E-state index in [1.807, 2.05) is 36.4 Å². The number of hydrogen-bond acceptors (Lipinski definition) is 2. The molecule has 0 aliphatic heterocycles. The fourth-order valence-corrected chi connectivity index (χ4v) is 3.15. The second-order valence-electron chi connectivity index (χ2n) is 4.04. The summed E-state index contributed by atoms with van der Waals surface area (Å²) < 4.78 is 0. The average molecular weight is 343 g/mol. The second kappa shape index (κ2) is 7.18. The number of benzene rings is 2. The molecule has 0 heterocycles. The Morgan fingerprint density at radius 1 is 1.15 bits per heavy atom. The van der Waals surface area contributed by atoms with Crippen LogP contribution < -0.4 is 11.1 Å². The summed E-state index contributed by atoms with van der Waals surface area (Å²) in [6.45, 7) is 0. The summed E-state index contributed by atoms with van der Waals surface area (Å²) in [7, 11) is 0. The number of rotatable bonds is 4. The van der Waals surface area contributed by atoms with E-state index in [9.17, 15) is 0 Å². The van der Waals surface area contributed by atoms with Crippen LogP contribution in [-0.2, 0) is 5.75 Å². The molecule has 3 N–H and O–H groups in total. The highest BCUT2D eigenvalue weighted by atomic mass is 35.5. The lowest BCUT2D eigenvalue weighted by Gasteiger charge is -2.07. The molecule has 104 valence electrons. The minimum Gasteiger partial charge on any atom is -0.376 e. The van der Waals surface area contributed by atoms with E-state index in [-0.39, 0.29) is 5.11 Å². The molecule has 0 aliphatic rings. The van der Waals surface area contributed by atoms with Crippen LogP contribution in [0.2, 0.25) is 10.0 Å². The van der Waals surface area contributed by atoms with Gasteiger partial charge in [-0.2, -0.15) is 0 Å². The molecule has 2 rings (SSSR count). The number of halogens is 2. The van der Waals surface area contributed by atoms with Crippen LogP contribution in [0.15, 0.2) is 47.4 Å². The van der Waals surface area contributed by atoms with Gasteiger partial charge in [0.05, 0.1) is 0 Å². The van der Waals surface area contributed by atoms with Crippen LogP contribution in [0.5, 0.6) is 0 Å². The van der Waals surface area contributed by atoms with Crippen LogP contribution in [-0.4, -0.2) is 5.11 Å². The van der Waals surface area contributed by atoms with Gasteiger partial charge in [-0.25, -0.2) is 0 Å². The van der Waals surface area contributed by atoms with E-state index in [1.54, 1.807) is 17.8 Å². The van der Waals surface area contributed by atoms with Crippen LogP contribution >= 0.6 is 47.2 Å². The molecule has 0 aromatic heterocycles. The predicted molar refractivity (Wildman–Crippen MR) is 92.9 cm³/mol. The van der Waals surface area contributed by atoms with Crippen molar-refractivity contribution in [3.63, 3.8) is 0 Å². The largest absolute Gasteiger partial charge is 0.376 e. The standard InChI is InChI=1S/C14H12Cl2N2S2/c15-10-2-1-9(13(16)7-10)8-20-12-5-3-11(4-6-12)18-14(17)19/h1-7H,8H2,(H3,17,18,19). The number of thiocarbonyl (C=S) groups is 1. The average Bonchev–Trinajstić information content (AvgIpc) is 2.39. The molecule has 0 saturated heterocycles. The molecule has 0 atom stereocenters. The summed E-state index contributed by atoms with van der Waals surface area (Å²) in [5.74, 6) is 0.790. The van der Waals surface area contributed by atoms with Crippen molar-refractivity contribution >= 4 is 58.0 Å². The maximum atomic E-state index is 6.14. The third-order valence-corrected chi connectivity index (χ3v) is 4.28. The molecule has 0 bridgehead atoms. The highest BCUT2D eigenvalue weighted by molar-refractivity contribution is 7.98. The third kappa shape index (κ3) is 4.56. The Morgan fingerprint density at radius 3 is 2.45 bits per heavy atom. The van der Waals surface area contributed by atoms with Crippen molar-refractivity contribution in [2.75, 3.05) is 5.32 Å². The Bertz CT molecular complexity index is 615. The van der Waals surface area contributed by atoms with E-state index in [1.165, 1.54) is 0 Å². The zero-order valence-electron chi connectivity index (χ0n) is 10.4. The summed E-state index contributed by atoms with van der Waals surface area (Å²) in [5.41, 5.74) is 7.36. The Labute approximate surface area is 137 Å². The van der Waals surface area contributed by atoms with Gasteiger partial charge in [-0.3, -0.25) is 0 Å². The van der Waals surface area contributed by atoms with Crippen LogP contribution in [0, 0.1) is 0 Å². The van der Waals surface area contributed by atoms with Gasteiger partial charge in [-0.1, -0.05) is 29.3 Å². The lowest BCUT2D eigenvalue weighted by Crippen LogP contribution is -2.18. The highest BCUT2D eigenvalue weighted by Gasteiger charge is 2.03. The number of anilines is 1. The number of hydrogen-bond donors (Lipinski definition) is 2. The topological polar surface area (TPSA) is 38.0 Å². The molecule has 6 heteroatoms.